The molecule has 0 aliphatic heterocycles. The molecule has 1 aromatic carbocycles. The van der Waals surface area contributed by atoms with Crippen molar-refractivity contribution >= 4 is 5.78 Å². The maximum Gasteiger partial charge on any atom is 0.573 e. The van der Waals surface area contributed by atoms with Crippen molar-refractivity contribution in [1.82, 2.24) is 0 Å². The van der Waals surface area contributed by atoms with Gasteiger partial charge in [-0.15, -0.1) is 13.2 Å². The third kappa shape index (κ3) is 6.06. The van der Waals surface area contributed by atoms with Gasteiger partial charge in [-0.2, -0.15) is 0 Å². The molecule has 0 saturated carbocycles. The van der Waals surface area contributed by atoms with Gasteiger partial charge in [0.1, 0.15) is 5.75 Å². The highest BCUT2D eigenvalue weighted by Crippen LogP contribution is 2.24. The molecule has 3 nitrogen and oxygen atoms in total. The van der Waals surface area contributed by atoms with Gasteiger partial charge < -0.3 is 10.5 Å². The van der Waals surface area contributed by atoms with E-state index < -0.39 is 6.36 Å². The van der Waals surface area contributed by atoms with E-state index in [9.17, 15) is 18.0 Å². The van der Waals surface area contributed by atoms with Crippen LogP contribution < -0.4 is 10.5 Å². The number of ether oxygens (including phenoxy) is 1. The second-order valence-corrected chi connectivity index (χ2v) is 4.72. The van der Waals surface area contributed by atoms with Crippen molar-refractivity contribution in [3.05, 3.63) is 29.8 Å². The molecule has 0 saturated heterocycles. The van der Waals surface area contributed by atoms with Crippen LogP contribution in [0.3, 0.4) is 0 Å². The van der Waals surface area contributed by atoms with Gasteiger partial charge >= 0.3 is 6.36 Å². The Labute approximate surface area is 115 Å². The Bertz CT molecular complexity index is 446. The molecular formula is C14H18F3NO2. The van der Waals surface area contributed by atoms with Crippen LogP contribution in [0.4, 0.5) is 13.2 Å². The average molecular weight is 289 g/mol. The second-order valence-electron chi connectivity index (χ2n) is 4.72. The molecule has 0 amide bonds. The molecule has 0 radical (unpaired) electrons. The van der Waals surface area contributed by atoms with Gasteiger partial charge in [-0.25, -0.2) is 0 Å². The Morgan fingerprint density at radius 2 is 2.05 bits per heavy atom. The van der Waals surface area contributed by atoms with E-state index in [0.717, 1.165) is 12.5 Å². The molecule has 0 aromatic heterocycles. The minimum Gasteiger partial charge on any atom is -0.406 e. The lowest BCUT2D eigenvalue weighted by molar-refractivity contribution is -0.274. The number of nitrogens with two attached hydrogens (primary N) is 1. The van der Waals surface area contributed by atoms with Crippen molar-refractivity contribution in [2.24, 2.45) is 11.7 Å². The maximum atomic E-state index is 12.1. The maximum absolute atomic E-state index is 12.1. The molecule has 1 aromatic rings. The molecule has 0 aliphatic rings. The SMILES string of the molecule is CC(CCN)CCC(=O)c1cccc(OC(F)(F)F)c1. The van der Waals surface area contributed by atoms with Crippen molar-refractivity contribution < 1.29 is 22.7 Å². The van der Waals surface area contributed by atoms with Crippen LogP contribution in [0.1, 0.15) is 36.5 Å². The number of carbonyl (C=O) groups excluding carboxylic acids is 1. The van der Waals surface area contributed by atoms with Crippen molar-refractivity contribution in [3.8, 4) is 5.75 Å². The van der Waals surface area contributed by atoms with Crippen LogP contribution in [-0.2, 0) is 0 Å². The smallest absolute Gasteiger partial charge is 0.406 e. The molecule has 2 N–H and O–H groups in total. The number of halogens is 3. The summed E-state index contributed by atoms with van der Waals surface area (Å²) >= 11 is 0. The van der Waals surface area contributed by atoms with Crippen LogP contribution in [0.25, 0.3) is 0 Å². The molecule has 0 fully saturated rings. The van der Waals surface area contributed by atoms with Crippen LogP contribution in [-0.4, -0.2) is 18.7 Å². The van der Waals surface area contributed by atoms with Crippen molar-refractivity contribution in [3.63, 3.8) is 0 Å². The third-order valence-electron chi connectivity index (χ3n) is 2.91. The van der Waals surface area contributed by atoms with Gasteiger partial charge in [-0.3, -0.25) is 4.79 Å². The molecule has 20 heavy (non-hydrogen) atoms. The lowest BCUT2D eigenvalue weighted by Gasteiger charge is -2.11. The normalized spacial score (nSPS) is 13.1. The molecule has 112 valence electrons. The van der Waals surface area contributed by atoms with Gasteiger partial charge in [0.25, 0.3) is 0 Å². The number of hydrogen-bond acceptors (Lipinski definition) is 3. The van der Waals surface area contributed by atoms with Gasteiger partial charge in [0.2, 0.25) is 0 Å². The van der Waals surface area contributed by atoms with Gasteiger partial charge in [0.15, 0.2) is 5.78 Å². The predicted molar refractivity (Wildman–Crippen MR) is 69.5 cm³/mol. The number of alkyl halides is 3. The second kappa shape index (κ2) is 7.28. The first kappa shape index (κ1) is 16.5. The van der Waals surface area contributed by atoms with E-state index >= 15 is 0 Å². The zero-order valence-electron chi connectivity index (χ0n) is 11.2. The molecule has 0 heterocycles. The number of rotatable bonds is 7. The van der Waals surface area contributed by atoms with Crippen LogP contribution in [0.5, 0.6) is 5.75 Å². The molecule has 6 heteroatoms. The summed E-state index contributed by atoms with van der Waals surface area (Å²) in [6, 6.07) is 5.14. The van der Waals surface area contributed by atoms with Crippen LogP contribution in [0, 0.1) is 5.92 Å². The average Bonchev–Trinajstić information content (AvgIpc) is 2.34. The molecule has 0 aliphatic carbocycles. The quantitative estimate of drug-likeness (QED) is 0.781. The Hall–Kier alpha value is -1.56. The number of Topliss-reactive ketones (excluding diaryl/α,β-unsaturated/α-hetero) is 1. The van der Waals surface area contributed by atoms with Gasteiger partial charge in [0.05, 0.1) is 0 Å². The Balaban J connectivity index is 2.62. The first-order valence-electron chi connectivity index (χ1n) is 6.41. The van der Waals surface area contributed by atoms with Crippen molar-refractivity contribution in [2.75, 3.05) is 6.54 Å². The molecule has 0 bridgehead atoms. The standard InChI is InChI=1S/C14H18F3NO2/c1-10(7-8-18)5-6-13(19)11-3-2-4-12(9-11)20-14(15,16)17/h2-4,9-10H,5-8,18H2,1H3. The lowest BCUT2D eigenvalue weighted by Crippen LogP contribution is -2.17. The Kier molecular flexibility index (Phi) is 6.01. The van der Waals surface area contributed by atoms with Gasteiger partial charge in [-0.1, -0.05) is 19.1 Å². The zero-order chi connectivity index (χ0) is 15.2. The monoisotopic (exact) mass is 289 g/mol. The summed E-state index contributed by atoms with van der Waals surface area (Å²) in [6.07, 6.45) is -2.97. The Morgan fingerprint density at radius 3 is 2.65 bits per heavy atom. The zero-order valence-corrected chi connectivity index (χ0v) is 11.2. The van der Waals surface area contributed by atoms with Crippen molar-refractivity contribution in [2.45, 2.75) is 32.5 Å². The fourth-order valence-corrected chi connectivity index (χ4v) is 1.82. The van der Waals surface area contributed by atoms with Crippen LogP contribution in [0.2, 0.25) is 0 Å². The minimum atomic E-state index is -4.75. The molecular weight excluding hydrogens is 271 g/mol. The molecule has 1 unspecified atom stereocenters. The van der Waals surface area contributed by atoms with Crippen LogP contribution >= 0.6 is 0 Å². The Morgan fingerprint density at radius 1 is 1.35 bits per heavy atom. The molecule has 1 atom stereocenters. The van der Waals surface area contributed by atoms with E-state index in [4.69, 9.17) is 5.73 Å². The van der Waals surface area contributed by atoms with E-state index in [0.29, 0.717) is 18.9 Å². The largest absolute Gasteiger partial charge is 0.573 e. The summed E-state index contributed by atoms with van der Waals surface area (Å²) in [5.41, 5.74) is 5.65. The topological polar surface area (TPSA) is 52.3 Å². The summed E-state index contributed by atoms with van der Waals surface area (Å²) in [5, 5.41) is 0. The summed E-state index contributed by atoms with van der Waals surface area (Å²) in [6.45, 7) is 2.55. The van der Waals surface area contributed by atoms with E-state index in [1.165, 1.54) is 18.2 Å². The summed E-state index contributed by atoms with van der Waals surface area (Å²) < 4.78 is 40.1. The number of hydrogen-bond donors (Lipinski definition) is 1. The van der Waals surface area contributed by atoms with Crippen LogP contribution in [0.15, 0.2) is 24.3 Å². The summed E-state index contributed by atoms with van der Waals surface area (Å²) in [5.74, 6) is -0.251. The highest BCUT2D eigenvalue weighted by molar-refractivity contribution is 5.96. The van der Waals surface area contributed by atoms with Crippen molar-refractivity contribution in [1.29, 1.82) is 0 Å². The van der Waals surface area contributed by atoms with E-state index in [1.54, 1.807) is 0 Å². The van der Waals surface area contributed by atoms with Gasteiger partial charge in [-0.05, 0) is 37.4 Å². The van der Waals surface area contributed by atoms with E-state index in [1.807, 2.05) is 6.92 Å². The highest BCUT2D eigenvalue weighted by Gasteiger charge is 2.31. The fraction of sp³-hybridized carbons (Fsp3) is 0.500. The summed E-state index contributed by atoms with van der Waals surface area (Å²) in [7, 11) is 0. The number of carbonyl (C=O) groups is 1. The highest BCUT2D eigenvalue weighted by atomic mass is 19.4. The van der Waals surface area contributed by atoms with E-state index in [2.05, 4.69) is 4.74 Å². The summed E-state index contributed by atoms with van der Waals surface area (Å²) in [4.78, 5) is 11.9. The molecule has 1 rings (SSSR count). The minimum absolute atomic E-state index is 0.193. The van der Waals surface area contributed by atoms with E-state index in [-0.39, 0.29) is 23.5 Å². The lowest BCUT2D eigenvalue weighted by atomic mass is 9.97. The number of ketones is 1. The third-order valence-corrected chi connectivity index (χ3v) is 2.91. The number of benzene rings is 1. The van der Waals surface area contributed by atoms with Gasteiger partial charge in [0, 0.05) is 12.0 Å². The predicted octanol–water partition coefficient (Wildman–Crippen LogP) is 3.53. The molecule has 0 spiro atoms. The first-order valence-corrected chi connectivity index (χ1v) is 6.41. The fourth-order valence-electron chi connectivity index (χ4n) is 1.82. The first-order chi connectivity index (χ1) is 9.31.